The number of rotatable bonds is 14. The molecular weight excluding hydrogens is 707 g/mol. The summed E-state index contributed by atoms with van der Waals surface area (Å²) in [6.45, 7) is 5.88. The number of aromatic nitrogens is 2. The molecule has 0 atom stereocenters. The maximum absolute atomic E-state index is 11.3. The minimum atomic E-state index is -4.34. The van der Waals surface area contributed by atoms with E-state index in [0.29, 0.717) is 31.0 Å². The Morgan fingerprint density at radius 1 is 0.898 bits per heavy atom. The molecule has 0 aliphatic carbocycles. The number of methoxy groups -OCH3 is 2. The lowest BCUT2D eigenvalue weighted by Gasteiger charge is -2.21. The highest BCUT2D eigenvalue weighted by Gasteiger charge is 2.26. The zero-order valence-corrected chi connectivity index (χ0v) is 31.2. The number of thioether (sulfide) groups is 1. The van der Waals surface area contributed by atoms with Crippen LogP contribution in [0.3, 0.4) is 0 Å². The van der Waals surface area contributed by atoms with Gasteiger partial charge in [-0.1, -0.05) is 36.1 Å². The van der Waals surface area contributed by atoms with Crippen LogP contribution in [-0.2, 0) is 33.3 Å². The molecular formula is C34H41N3O8S4. The van der Waals surface area contributed by atoms with Crippen molar-refractivity contribution in [2.45, 2.75) is 51.1 Å². The van der Waals surface area contributed by atoms with Crippen LogP contribution in [0.15, 0.2) is 88.6 Å². The summed E-state index contributed by atoms with van der Waals surface area (Å²) in [6, 6.07) is 17.5. The molecule has 264 valence electrons. The van der Waals surface area contributed by atoms with Gasteiger partial charge in [0, 0.05) is 53.6 Å². The Bertz CT molecular complexity index is 2010. The molecule has 2 aromatic heterocycles. The second-order valence-corrected chi connectivity index (χ2v) is 16.2. The van der Waals surface area contributed by atoms with Crippen molar-refractivity contribution in [2.24, 2.45) is 0 Å². The number of thiazole rings is 1. The third-order valence-corrected chi connectivity index (χ3v) is 11.4. The van der Waals surface area contributed by atoms with Crippen molar-refractivity contribution in [1.82, 2.24) is 0 Å². The van der Waals surface area contributed by atoms with E-state index in [1.165, 1.54) is 0 Å². The Morgan fingerprint density at radius 3 is 2.16 bits per heavy atom. The van der Waals surface area contributed by atoms with E-state index in [4.69, 9.17) is 9.47 Å². The summed E-state index contributed by atoms with van der Waals surface area (Å²) in [7, 11) is -5.52. The normalized spacial score (nSPS) is 14.1. The van der Waals surface area contributed by atoms with Gasteiger partial charge in [-0.15, -0.1) is 0 Å². The van der Waals surface area contributed by atoms with Crippen LogP contribution < -0.4 is 23.5 Å². The quantitative estimate of drug-likeness (QED) is 0.123. The summed E-state index contributed by atoms with van der Waals surface area (Å²) >= 11 is 3.10. The maximum atomic E-state index is 11.3. The molecule has 15 heteroatoms. The predicted molar refractivity (Wildman–Crippen MR) is 192 cm³/mol. The first-order chi connectivity index (χ1) is 23.3. The fraction of sp³-hybridized carbons (Fsp3) is 0.353. The van der Waals surface area contributed by atoms with Crippen molar-refractivity contribution >= 4 is 65.3 Å². The van der Waals surface area contributed by atoms with E-state index in [-0.39, 0.29) is 12.8 Å². The molecule has 0 saturated heterocycles. The molecule has 0 amide bonds. The molecule has 49 heavy (non-hydrogen) atoms. The summed E-state index contributed by atoms with van der Waals surface area (Å²) in [5.41, 5.74) is 2.74. The Labute approximate surface area is 297 Å². The monoisotopic (exact) mass is 747 g/mol. The van der Waals surface area contributed by atoms with Crippen LogP contribution in [0.4, 0.5) is 5.69 Å². The lowest BCUT2D eigenvalue weighted by Crippen LogP contribution is -2.36. The first-order valence-electron chi connectivity index (χ1n) is 15.7. The number of ether oxygens (including phenoxy) is 2. The van der Waals surface area contributed by atoms with Gasteiger partial charge in [-0.3, -0.25) is 0 Å². The molecule has 1 aliphatic heterocycles. The summed E-state index contributed by atoms with van der Waals surface area (Å²) in [4.78, 5) is 2.99. The first kappa shape index (κ1) is 38.3. The van der Waals surface area contributed by atoms with Gasteiger partial charge < -0.3 is 23.5 Å². The molecule has 0 spiro atoms. The lowest BCUT2D eigenvalue weighted by molar-refractivity contribution is -0.693. The van der Waals surface area contributed by atoms with Crippen LogP contribution in [0, 0.1) is 0 Å². The molecule has 0 saturated carbocycles. The summed E-state index contributed by atoms with van der Waals surface area (Å²) in [5, 5.41) is 1.77. The Kier molecular flexibility index (Phi) is 13.7. The van der Waals surface area contributed by atoms with Crippen molar-refractivity contribution in [3.8, 4) is 11.5 Å². The van der Waals surface area contributed by atoms with Crippen molar-refractivity contribution in [2.75, 3.05) is 37.2 Å². The number of benzene rings is 2. The van der Waals surface area contributed by atoms with Crippen LogP contribution in [0.25, 0.3) is 16.3 Å². The maximum Gasteiger partial charge on any atom is 0.263 e. The number of fused-ring (bicyclic) bond motifs is 2. The molecule has 0 radical (unpaired) electrons. The van der Waals surface area contributed by atoms with Crippen molar-refractivity contribution in [3.05, 3.63) is 88.7 Å². The van der Waals surface area contributed by atoms with Crippen LogP contribution in [0.2, 0.25) is 0 Å². The average Bonchev–Trinajstić information content (AvgIpc) is 3.59. The summed E-state index contributed by atoms with van der Waals surface area (Å²) in [6.07, 6.45) is 9.22. The van der Waals surface area contributed by atoms with Gasteiger partial charge in [-0.25, -0.2) is 21.4 Å². The highest BCUT2D eigenvalue weighted by atomic mass is 32.2. The molecule has 0 N–H and O–H groups in total. The molecule has 0 bridgehead atoms. The van der Waals surface area contributed by atoms with Gasteiger partial charge in [0.15, 0.2) is 18.9 Å². The Balaban J connectivity index is 0.000000592. The fourth-order valence-electron chi connectivity index (χ4n) is 5.10. The number of allylic oxidation sites excluding steroid dienone is 2. The smallest absolute Gasteiger partial charge is 0.263 e. The second kappa shape index (κ2) is 17.5. The van der Waals surface area contributed by atoms with E-state index in [2.05, 4.69) is 23.9 Å². The van der Waals surface area contributed by atoms with Crippen molar-refractivity contribution in [1.29, 1.82) is 0 Å². The molecule has 2 aromatic carbocycles. The van der Waals surface area contributed by atoms with Crippen LogP contribution in [-0.4, -0.2) is 58.2 Å². The van der Waals surface area contributed by atoms with E-state index in [0.717, 1.165) is 43.0 Å². The number of hydrogen-bond acceptors (Lipinski definition) is 11. The average molecular weight is 748 g/mol. The van der Waals surface area contributed by atoms with Gasteiger partial charge in [0.2, 0.25) is 5.52 Å². The number of hydrogen-bond donors (Lipinski definition) is 0. The number of pyridine rings is 1. The minimum Gasteiger partial charge on any atom is -0.748 e. The van der Waals surface area contributed by atoms with Gasteiger partial charge in [0.1, 0.15) is 22.7 Å². The van der Waals surface area contributed by atoms with Crippen LogP contribution >= 0.6 is 23.1 Å². The molecule has 0 fully saturated rings. The highest BCUT2D eigenvalue weighted by Crippen LogP contribution is 2.48. The van der Waals surface area contributed by atoms with Gasteiger partial charge >= 0.3 is 0 Å². The van der Waals surface area contributed by atoms with Crippen LogP contribution in [0.1, 0.15) is 38.1 Å². The standard InChI is InChI=1S/C27H32N2O8S4.C7H10N/c1-4-19(15-26-28(11-5-13-40(30,31)32)22-17-20(36-2)7-9-24(22)38-26)16-27-29(12-6-14-41(33,34)35)23-18-21(37-3)8-10-25(23)39-27;1-2-8-6-4-3-5-7-8/h7-10,15-18H,4-6,11-14H2,1-3H3,(H-,30,31,32,33,34,35);3-7H,2H2,1H3/q;+1/p-1. The summed E-state index contributed by atoms with van der Waals surface area (Å²) in [5.74, 6) is 0.420. The van der Waals surface area contributed by atoms with Gasteiger partial charge in [0.25, 0.3) is 5.01 Å². The van der Waals surface area contributed by atoms with Crippen molar-refractivity contribution < 1.29 is 44.5 Å². The van der Waals surface area contributed by atoms with Gasteiger partial charge in [0.05, 0.1) is 51.2 Å². The topological polar surface area (TPSA) is 144 Å². The number of nitrogens with zero attached hydrogens (tertiary/aromatic N) is 3. The molecule has 3 heterocycles. The van der Waals surface area contributed by atoms with Crippen molar-refractivity contribution in [3.63, 3.8) is 0 Å². The molecule has 0 unspecified atom stereocenters. The number of anilines is 1. The molecule has 11 nitrogen and oxygen atoms in total. The predicted octanol–water partition coefficient (Wildman–Crippen LogP) is 5.32. The fourth-order valence-corrected chi connectivity index (χ4v) is 8.35. The Hall–Kier alpha value is -3.47. The Morgan fingerprint density at radius 2 is 1.55 bits per heavy atom. The zero-order chi connectivity index (χ0) is 35.6. The van der Waals surface area contributed by atoms with Gasteiger partial charge in [-0.05, 0) is 55.7 Å². The van der Waals surface area contributed by atoms with E-state index in [9.17, 15) is 25.9 Å². The van der Waals surface area contributed by atoms with E-state index < -0.39 is 31.7 Å². The van der Waals surface area contributed by atoms with E-state index in [1.807, 2.05) is 83.1 Å². The zero-order valence-electron chi connectivity index (χ0n) is 27.9. The van der Waals surface area contributed by atoms with Crippen LogP contribution in [0.5, 0.6) is 11.5 Å². The SMILES string of the molecule is CCC(/C=C1\Sc2ccc(OC)cc2N1CCCS(=O)(=O)[O-])=C\c1sc2ccc(OC)cc2[n+]1CCCS(=O)(=O)[O-].CC[n+]1ccccc1. The van der Waals surface area contributed by atoms with Gasteiger partial charge in [-0.2, -0.15) is 4.57 Å². The minimum absolute atomic E-state index is 0.173. The largest absolute Gasteiger partial charge is 0.748 e. The molecule has 1 aliphatic rings. The first-order valence-corrected chi connectivity index (χ1v) is 20.5. The summed E-state index contributed by atoms with van der Waals surface area (Å²) < 4.78 is 83.4. The third kappa shape index (κ3) is 11.3. The highest BCUT2D eigenvalue weighted by molar-refractivity contribution is 8.03. The lowest BCUT2D eigenvalue weighted by atomic mass is 10.2. The van der Waals surface area contributed by atoms with E-state index in [1.54, 1.807) is 37.3 Å². The third-order valence-electron chi connectivity index (χ3n) is 7.60. The molecule has 4 aromatic rings. The number of aryl methyl sites for hydroxylation is 2. The van der Waals surface area contributed by atoms with E-state index >= 15 is 0 Å². The second-order valence-electron chi connectivity index (χ2n) is 11.0. The molecule has 5 rings (SSSR count).